The first-order valence-electron chi connectivity index (χ1n) is 8.87. The molecule has 0 spiro atoms. The van der Waals surface area contributed by atoms with Crippen LogP contribution in [0.25, 0.3) is 11.5 Å². The van der Waals surface area contributed by atoms with Gasteiger partial charge in [-0.3, -0.25) is 4.79 Å². The maximum Gasteiger partial charge on any atom is 0.277 e. The summed E-state index contributed by atoms with van der Waals surface area (Å²) in [6.45, 7) is 6.11. The van der Waals surface area contributed by atoms with E-state index in [1.54, 1.807) is 11.8 Å². The third-order valence-corrected chi connectivity index (χ3v) is 7.28. The third-order valence-electron chi connectivity index (χ3n) is 4.60. The van der Waals surface area contributed by atoms with Crippen molar-refractivity contribution in [2.75, 3.05) is 18.1 Å². The SMILES string of the molecule is CCN(C(=O)[C@H](C)Sc1nnc(-c2ccc(C)cc2)o1)[C@H]1CCS(=O)(=O)C1. The number of benzene rings is 1. The molecule has 3 rings (SSSR count). The van der Waals surface area contributed by atoms with Crippen LogP contribution in [0, 0.1) is 6.92 Å². The number of aromatic nitrogens is 2. The number of carbonyl (C=O) groups is 1. The first-order valence-corrected chi connectivity index (χ1v) is 11.6. The summed E-state index contributed by atoms with van der Waals surface area (Å²) in [6.07, 6.45) is 0.497. The van der Waals surface area contributed by atoms with E-state index in [0.29, 0.717) is 24.1 Å². The van der Waals surface area contributed by atoms with Gasteiger partial charge in [-0.1, -0.05) is 29.5 Å². The Morgan fingerprint density at radius 2 is 2.04 bits per heavy atom. The van der Waals surface area contributed by atoms with Gasteiger partial charge in [-0.25, -0.2) is 8.42 Å². The minimum Gasteiger partial charge on any atom is -0.411 e. The van der Waals surface area contributed by atoms with E-state index in [0.717, 1.165) is 11.1 Å². The van der Waals surface area contributed by atoms with Crippen LogP contribution in [-0.2, 0) is 14.6 Å². The average Bonchev–Trinajstić information content (AvgIpc) is 3.22. The molecule has 1 amide bonds. The predicted molar refractivity (Wildman–Crippen MR) is 104 cm³/mol. The first kappa shape index (κ1) is 19.9. The Bertz CT molecular complexity index is 909. The van der Waals surface area contributed by atoms with Crippen LogP contribution in [0.15, 0.2) is 33.9 Å². The molecule has 1 aliphatic heterocycles. The fourth-order valence-corrected chi connectivity index (χ4v) is 5.60. The van der Waals surface area contributed by atoms with Gasteiger partial charge < -0.3 is 9.32 Å². The number of hydrogen-bond acceptors (Lipinski definition) is 7. The molecule has 0 bridgehead atoms. The molecule has 146 valence electrons. The van der Waals surface area contributed by atoms with Gasteiger partial charge in [-0.15, -0.1) is 10.2 Å². The highest BCUT2D eigenvalue weighted by Crippen LogP contribution is 2.28. The number of rotatable bonds is 6. The molecule has 7 nitrogen and oxygen atoms in total. The molecule has 2 heterocycles. The Balaban J connectivity index is 1.66. The highest BCUT2D eigenvalue weighted by molar-refractivity contribution is 8.00. The summed E-state index contributed by atoms with van der Waals surface area (Å²) in [5.74, 6) is 0.486. The zero-order chi connectivity index (χ0) is 19.6. The highest BCUT2D eigenvalue weighted by Gasteiger charge is 2.35. The second kappa shape index (κ2) is 8.02. The summed E-state index contributed by atoms with van der Waals surface area (Å²) in [4.78, 5) is 14.5. The topological polar surface area (TPSA) is 93.4 Å². The summed E-state index contributed by atoms with van der Waals surface area (Å²) >= 11 is 1.19. The van der Waals surface area contributed by atoms with Crippen molar-refractivity contribution in [3.05, 3.63) is 29.8 Å². The van der Waals surface area contributed by atoms with Crippen molar-refractivity contribution in [2.24, 2.45) is 0 Å². The van der Waals surface area contributed by atoms with E-state index < -0.39 is 15.1 Å². The largest absolute Gasteiger partial charge is 0.411 e. The van der Waals surface area contributed by atoms with Gasteiger partial charge in [0.2, 0.25) is 11.8 Å². The van der Waals surface area contributed by atoms with Crippen molar-refractivity contribution in [3.8, 4) is 11.5 Å². The van der Waals surface area contributed by atoms with Crippen molar-refractivity contribution < 1.29 is 17.6 Å². The van der Waals surface area contributed by atoms with Crippen molar-refractivity contribution >= 4 is 27.5 Å². The zero-order valence-corrected chi connectivity index (χ0v) is 17.2. The monoisotopic (exact) mass is 409 g/mol. The van der Waals surface area contributed by atoms with E-state index in [9.17, 15) is 13.2 Å². The third kappa shape index (κ3) is 4.70. The van der Waals surface area contributed by atoms with E-state index in [4.69, 9.17) is 4.42 Å². The Kier molecular flexibility index (Phi) is 5.90. The molecule has 1 saturated heterocycles. The molecular formula is C18H23N3O4S2. The fourth-order valence-electron chi connectivity index (χ4n) is 3.12. The van der Waals surface area contributed by atoms with Gasteiger partial charge in [0.05, 0.1) is 16.8 Å². The standard InChI is InChI=1S/C18H23N3O4S2/c1-4-21(15-9-10-27(23,24)11-15)17(22)13(3)26-18-20-19-16(25-18)14-7-5-12(2)6-8-14/h5-8,13,15H,4,9-11H2,1-3H3/t13-,15-/m0/s1. The van der Waals surface area contributed by atoms with Crippen LogP contribution in [0.4, 0.5) is 0 Å². The molecule has 1 fully saturated rings. The van der Waals surface area contributed by atoms with Crippen LogP contribution in [0.2, 0.25) is 0 Å². The number of aryl methyl sites for hydroxylation is 1. The van der Waals surface area contributed by atoms with Gasteiger partial charge in [-0.2, -0.15) is 0 Å². The summed E-state index contributed by atoms with van der Waals surface area (Å²) < 4.78 is 29.1. The molecule has 27 heavy (non-hydrogen) atoms. The summed E-state index contributed by atoms with van der Waals surface area (Å²) in [7, 11) is -3.04. The average molecular weight is 410 g/mol. The van der Waals surface area contributed by atoms with E-state index in [2.05, 4.69) is 10.2 Å². The summed E-state index contributed by atoms with van der Waals surface area (Å²) in [5.41, 5.74) is 1.96. The van der Waals surface area contributed by atoms with Crippen LogP contribution in [-0.4, -0.2) is 58.8 Å². The first-order chi connectivity index (χ1) is 12.8. The van der Waals surface area contributed by atoms with E-state index in [-0.39, 0.29) is 23.5 Å². The van der Waals surface area contributed by atoms with Crippen LogP contribution in [0.3, 0.4) is 0 Å². The molecule has 1 aromatic heterocycles. The van der Waals surface area contributed by atoms with Crippen molar-refractivity contribution in [3.63, 3.8) is 0 Å². The lowest BCUT2D eigenvalue weighted by molar-refractivity contribution is -0.131. The van der Waals surface area contributed by atoms with Crippen LogP contribution in [0.5, 0.6) is 0 Å². The van der Waals surface area contributed by atoms with Gasteiger partial charge in [0.1, 0.15) is 0 Å². The quantitative estimate of drug-likeness (QED) is 0.677. The number of thioether (sulfide) groups is 1. The lowest BCUT2D eigenvalue weighted by atomic mass is 10.1. The maximum absolute atomic E-state index is 12.8. The minimum atomic E-state index is -3.04. The molecule has 0 aliphatic carbocycles. The molecule has 9 heteroatoms. The van der Waals surface area contributed by atoms with Gasteiger partial charge in [0.25, 0.3) is 5.22 Å². The minimum absolute atomic E-state index is 0.0437. The molecule has 0 radical (unpaired) electrons. The molecule has 2 atom stereocenters. The van der Waals surface area contributed by atoms with Gasteiger partial charge in [0, 0.05) is 18.2 Å². The van der Waals surface area contributed by atoms with Crippen molar-refractivity contribution in [1.82, 2.24) is 15.1 Å². The second-order valence-electron chi connectivity index (χ2n) is 6.68. The predicted octanol–water partition coefficient (Wildman–Crippen LogP) is 2.56. The molecule has 1 aromatic carbocycles. The summed E-state index contributed by atoms with van der Waals surface area (Å²) in [6, 6.07) is 7.50. The summed E-state index contributed by atoms with van der Waals surface area (Å²) in [5, 5.41) is 7.95. The van der Waals surface area contributed by atoms with Gasteiger partial charge in [0.15, 0.2) is 9.84 Å². The van der Waals surface area contributed by atoms with Gasteiger partial charge >= 0.3 is 0 Å². The number of carbonyl (C=O) groups excluding carboxylic acids is 1. The Labute approximate surface area is 163 Å². The van der Waals surface area contributed by atoms with Crippen LogP contribution in [0.1, 0.15) is 25.8 Å². The molecule has 0 N–H and O–H groups in total. The molecule has 1 aliphatic rings. The molecule has 2 aromatic rings. The molecule has 0 saturated carbocycles. The smallest absolute Gasteiger partial charge is 0.277 e. The Morgan fingerprint density at radius 3 is 2.63 bits per heavy atom. The lowest BCUT2D eigenvalue weighted by Crippen LogP contribution is -2.44. The van der Waals surface area contributed by atoms with E-state index in [1.807, 2.05) is 38.1 Å². The molecule has 0 unspecified atom stereocenters. The number of hydrogen-bond donors (Lipinski definition) is 0. The number of nitrogens with zero attached hydrogens (tertiary/aromatic N) is 3. The van der Waals surface area contributed by atoms with Gasteiger partial charge in [-0.05, 0) is 39.3 Å². The van der Waals surface area contributed by atoms with E-state index in [1.165, 1.54) is 11.8 Å². The van der Waals surface area contributed by atoms with Crippen LogP contribution < -0.4 is 0 Å². The lowest BCUT2D eigenvalue weighted by Gasteiger charge is -2.28. The van der Waals surface area contributed by atoms with E-state index >= 15 is 0 Å². The van der Waals surface area contributed by atoms with Crippen molar-refractivity contribution in [1.29, 1.82) is 0 Å². The number of amides is 1. The Hall–Kier alpha value is -1.87. The maximum atomic E-state index is 12.8. The molecular weight excluding hydrogens is 386 g/mol. The normalized spacial score (nSPS) is 19.7. The van der Waals surface area contributed by atoms with Crippen molar-refractivity contribution in [2.45, 2.75) is 43.7 Å². The second-order valence-corrected chi connectivity index (χ2v) is 10.2. The van der Waals surface area contributed by atoms with Crippen LogP contribution >= 0.6 is 11.8 Å². The highest BCUT2D eigenvalue weighted by atomic mass is 32.2. The number of sulfone groups is 1. The zero-order valence-electron chi connectivity index (χ0n) is 15.6. The Morgan fingerprint density at radius 1 is 1.33 bits per heavy atom. The fraction of sp³-hybridized carbons (Fsp3) is 0.500.